The standard InChI is InChI=1S/C77H136N3O14P/c1-7-9-11-13-15-17-19-21-23-25-27-29-31-33-41-47-76(84)91-64-70(94-77(85)48-42-34-32-30-28-26-24-22-20-18-16-14-12-10-8-2)65-93-95(86,87)92-62-61-90-60-59-89-58-57-88-56-54-79-75(83)46-40-36-39-45-74(82)78-53-51-68-49-50-73(81)72(63-68)71(69-43-37-35-38-44-69)52-55-80(66(3)4)67(5)6/h35,37-38,43-44,49-50,63,66-67,70-71,81H,7-34,36,39-42,45-48,51-62,64-65H2,1-6H3,(H,78,82)(H,79,83)(H,86,87)/t70-,71-/m1/s1. The van der Waals surface area contributed by atoms with Crippen molar-refractivity contribution in [3.05, 3.63) is 65.2 Å². The van der Waals surface area contributed by atoms with Crippen molar-refractivity contribution in [2.45, 2.75) is 316 Å². The quantitative estimate of drug-likeness (QED) is 0.0275. The van der Waals surface area contributed by atoms with Crippen LogP contribution >= 0.6 is 7.82 Å². The summed E-state index contributed by atoms with van der Waals surface area (Å²) < 4.78 is 50.9. The molecular formula is C77H136N3O14P. The zero-order valence-electron chi connectivity index (χ0n) is 60.7. The predicted molar refractivity (Wildman–Crippen MR) is 385 cm³/mol. The number of nitrogens with one attached hydrogen (secondary N) is 2. The van der Waals surface area contributed by atoms with Gasteiger partial charge in [0.25, 0.3) is 0 Å². The van der Waals surface area contributed by atoms with Crippen molar-refractivity contribution < 1.29 is 66.5 Å². The Labute approximate surface area is 577 Å². The summed E-state index contributed by atoms with van der Waals surface area (Å²) >= 11 is 0. The molecule has 95 heavy (non-hydrogen) atoms. The minimum Gasteiger partial charge on any atom is -0.508 e. The summed E-state index contributed by atoms with van der Waals surface area (Å²) in [5, 5.41) is 17.0. The lowest BCUT2D eigenvalue weighted by Crippen LogP contribution is -2.38. The summed E-state index contributed by atoms with van der Waals surface area (Å²) in [5.41, 5.74) is 3.14. The lowest BCUT2D eigenvalue weighted by atomic mass is 9.86. The molecule has 4 N–H and O–H groups in total. The number of carbonyl (C=O) groups excluding carboxylic acids is 4. The molecule has 0 saturated carbocycles. The number of phosphoric acid groups is 1. The van der Waals surface area contributed by atoms with Crippen molar-refractivity contribution >= 4 is 31.6 Å². The second-order valence-corrected chi connectivity index (χ2v) is 28.2. The van der Waals surface area contributed by atoms with Gasteiger partial charge in [-0.05, 0) is 90.0 Å². The van der Waals surface area contributed by atoms with Gasteiger partial charge in [0.15, 0.2) is 6.10 Å². The van der Waals surface area contributed by atoms with E-state index in [4.69, 9.17) is 32.7 Å². The Hall–Kier alpha value is -3.93. The molecule has 3 atom stereocenters. The van der Waals surface area contributed by atoms with Crippen LogP contribution in [-0.2, 0) is 62.9 Å². The van der Waals surface area contributed by atoms with Gasteiger partial charge in [0, 0.05) is 62.3 Å². The topological polar surface area (TPSA) is 218 Å². The maximum absolute atomic E-state index is 12.9. The third-order valence-electron chi connectivity index (χ3n) is 17.6. The summed E-state index contributed by atoms with van der Waals surface area (Å²) in [5.74, 6) is -0.637. The van der Waals surface area contributed by atoms with Crippen molar-refractivity contribution in [1.82, 2.24) is 15.5 Å². The average Bonchev–Trinajstić information content (AvgIpc) is 0.830. The molecule has 0 spiro atoms. The van der Waals surface area contributed by atoms with E-state index >= 15 is 0 Å². The second kappa shape index (κ2) is 60.1. The monoisotopic (exact) mass is 1360 g/mol. The molecule has 18 heteroatoms. The number of benzene rings is 2. The summed E-state index contributed by atoms with van der Waals surface area (Å²) in [4.78, 5) is 63.7. The van der Waals surface area contributed by atoms with Crippen LogP contribution in [0.5, 0.6) is 5.75 Å². The molecule has 548 valence electrons. The van der Waals surface area contributed by atoms with Gasteiger partial charge in [-0.15, -0.1) is 0 Å². The average molecular weight is 1360 g/mol. The number of rotatable bonds is 67. The molecule has 0 aliphatic heterocycles. The van der Waals surface area contributed by atoms with E-state index in [1.807, 2.05) is 24.3 Å². The lowest BCUT2D eigenvalue weighted by Gasteiger charge is -2.32. The molecule has 2 rings (SSSR count). The van der Waals surface area contributed by atoms with Gasteiger partial charge < -0.3 is 44.3 Å². The van der Waals surface area contributed by atoms with E-state index in [2.05, 4.69) is 75.3 Å². The van der Waals surface area contributed by atoms with Crippen molar-refractivity contribution in [3.63, 3.8) is 0 Å². The zero-order chi connectivity index (χ0) is 69.1. The van der Waals surface area contributed by atoms with Gasteiger partial charge >= 0.3 is 19.8 Å². The van der Waals surface area contributed by atoms with E-state index in [0.717, 1.165) is 69.0 Å². The number of hydrogen-bond donors (Lipinski definition) is 4. The van der Waals surface area contributed by atoms with Crippen molar-refractivity contribution in [2.75, 3.05) is 79.1 Å². The maximum Gasteiger partial charge on any atom is 0.472 e. The van der Waals surface area contributed by atoms with Crippen LogP contribution in [-0.4, -0.2) is 136 Å². The van der Waals surface area contributed by atoms with Crippen LogP contribution < -0.4 is 10.6 Å². The molecule has 0 heterocycles. The van der Waals surface area contributed by atoms with Gasteiger partial charge in [0.05, 0.1) is 52.9 Å². The van der Waals surface area contributed by atoms with E-state index in [0.29, 0.717) is 89.9 Å². The SMILES string of the molecule is CCCCCCCCCCCCCCCCCC(=O)OC[C@H](COP(=O)(O)OCCOCCOCCOCCNC(=O)CCCCCC(=O)NCCc1ccc(O)c([C@H](CCN(C(C)C)C(C)C)c2ccccc2)c1)OC(=O)CCCCCCCCCCCCCCCCC. The lowest BCUT2D eigenvalue weighted by molar-refractivity contribution is -0.161. The molecule has 0 aliphatic rings. The first kappa shape index (κ1) is 87.2. The highest BCUT2D eigenvalue weighted by Crippen LogP contribution is 2.43. The van der Waals surface area contributed by atoms with Gasteiger partial charge in [-0.25, -0.2) is 4.57 Å². The van der Waals surface area contributed by atoms with Crippen molar-refractivity contribution in [3.8, 4) is 5.75 Å². The molecule has 2 aromatic rings. The normalized spacial score (nSPS) is 12.9. The van der Waals surface area contributed by atoms with E-state index in [1.54, 1.807) is 6.07 Å². The van der Waals surface area contributed by atoms with Gasteiger partial charge in [-0.1, -0.05) is 243 Å². The number of phenols is 1. The number of unbranched alkanes of at least 4 members (excludes halogenated alkanes) is 30. The molecular weight excluding hydrogens is 1220 g/mol. The van der Waals surface area contributed by atoms with Gasteiger partial charge in [-0.2, -0.15) is 0 Å². The molecule has 0 aromatic heterocycles. The highest BCUT2D eigenvalue weighted by Gasteiger charge is 2.27. The van der Waals surface area contributed by atoms with Gasteiger partial charge in [0.1, 0.15) is 12.4 Å². The van der Waals surface area contributed by atoms with Crippen molar-refractivity contribution in [2.24, 2.45) is 0 Å². The number of carbonyl (C=O) groups is 4. The first-order valence-electron chi connectivity index (χ1n) is 38.0. The molecule has 1 unspecified atom stereocenters. The van der Waals surface area contributed by atoms with Crippen LogP contribution in [0.1, 0.15) is 308 Å². The highest BCUT2D eigenvalue weighted by molar-refractivity contribution is 7.47. The summed E-state index contributed by atoms with van der Waals surface area (Å²) in [7, 11) is -4.57. The fraction of sp³-hybridized carbons (Fsp3) is 0.792. The fourth-order valence-electron chi connectivity index (χ4n) is 12.0. The molecule has 0 fully saturated rings. The second-order valence-electron chi connectivity index (χ2n) is 26.7. The predicted octanol–water partition coefficient (Wildman–Crippen LogP) is 17.9. The third-order valence-corrected chi connectivity index (χ3v) is 18.6. The summed E-state index contributed by atoms with van der Waals surface area (Å²) in [6.45, 7) is 15.6. The van der Waals surface area contributed by atoms with E-state index in [1.165, 1.54) is 147 Å². The number of esters is 2. The Balaban J connectivity index is 1.57. The molecule has 2 aromatic carbocycles. The van der Waals surface area contributed by atoms with Gasteiger partial charge in [-0.3, -0.25) is 33.1 Å². The maximum atomic E-state index is 12.9. The van der Waals surface area contributed by atoms with Crippen LogP contribution in [0.15, 0.2) is 48.5 Å². The number of amides is 2. The molecule has 0 saturated heterocycles. The number of hydrogen-bond acceptors (Lipinski definition) is 14. The summed E-state index contributed by atoms with van der Waals surface area (Å²) in [6, 6.07) is 17.0. The first-order valence-corrected chi connectivity index (χ1v) is 39.5. The van der Waals surface area contributed by atoms with Crippen LogP contribution in [0, 0.1) is 0 Å². The smallest absolute Gasteiger partial charge is 0.472 e. The number of nitrogens with zero attached hydrogens (tertiary/aromatic N) is 1. The first-order chi connectivity index (χ1) is 46.1. The minimum atomic E-state index is -4.57. The summed E-state index contributed by atoms with van der Waals surface area (Å²) in [6.07, 6.45) is 40.4. The largest absolute Gasteiger partial charge is 0.508 e. The van der Waals surface area contributed by atoms with Crippen molar-refractivity contribution in [1.29, 1.82) is 0 Å². The Morgan fingerprint density at radius 2 is 0.905 bits per heavy atom. The Bertz CT molecular complexity index is 2220. The third kappa shape index (κ3) is 50.1. The van der Waals surface area contributed by atoms with E-state index in [9.17, 15) is 33.7 Å². The van der Waals surface area contributed by atoms with E-state index < -0.39 is 32.5 Å². The number of ether oxygens (including phenoxy) is 5. The fourth-order valence-corrected chi connectivity index (χ4v) is 12.8. The molecule has 17 nitrogen and oxygen atoms in total. The minimum absolute atomic E-state index is 0.00470. The van der Waals surface area contributed by atoms with Crippen LogP contribution in [0.2, 0.25) is 0 Å². The van der Waals surface area contributed by atoms with Crippen LogP contribution in [0.4, 0.5) is 0 Å². The highest BCUT2D eigenvalue weighted by atomic mass is 31.2. The Morgan fingerprint density at radius 3 is 1.39 bits per heavy atom. The Kier molecular flexibility index (Phi) is 55.1. The number of phosphoric ester groups is 1. The van der Waals surface area contributed by atoms with E-state index in [-0.39, 0.29) is 69.4 Å². The zero-order valence-corrected chi connectivity index (χ0v) is 61.6. The van der Waals surface area contributed by atoms with Crippen LogP contribution in [0.25, 0.3) is 0 Å². The molecule has 0 radical (unpaired) electrons. The number of phenolic OH excluding ortho intramolecular Hbond substituents is 1. The van der Waals surface area contributed by atoms with Gasteiger partial charge in [0.2, 0.25) is 11.8 Å². The molecule has 0 aliphatic carbocycles. The Morgan fingerprint density at radius 1 is 0.484 bits per heavy atom. The molecule has 2 amide bonds. The molecule has 0 bridgehead atoms. The number of aromatic hydroxyl groups is 1. The van der Waals surface area contributed by atoms with Crippen LogP contribution in [0.3, 0.4) is 0 Å².